The zero-order valence-electron chi connectivity index (χ0n) is 10.8. The van der Waals surface area contributed by atoms with Gasteiger partial charge < -0.3 is 4.90 Å². The molecule has 1 unspecified atom stereocenters. The zero-order valence-corrected chi connectivity index (χ0v) is 11.6. The average Bonchev–Trinajstić information content (AvgIpc) is 3.13. The van der Waals surface area contributed by atoms with Crippen molar-refractivity contribution in [2.75, 3.05) is 12.8 Å². The number of rotatable bonds is 3. The summed E-state index contributed by atoms with van der Waals surface area (Å²) in [4.78, 5) is 15.5. The lowest BCUT2D eigenvalue weighted by atomic mass is 10.1. The summed E-state index contributed by atoms with van der Waals surface area (Å²) in [6.45, 7) is 2.81. The SMILES string of the molecule is CCN1C(=O)C2(CC2)NC1c1ccc(SC)cc1. The molecular formula is C14H18N2OS. The van der Waals surface area contributed by atoms with E-state index >= 15 is 0 Å². The van der Waals surface area contributed by atoms with Gasteiger partial charge in [-0.25, -0.2) is 0 Å². The van der Waals surface area contributed by atoms with Crippen molar-refractivity contribution in [3.63, 3.8) is 0 Å². The van der Waals surface area contributed by atoms with Gasteiger partial charge in [-0.1, -0.05) is 12.1 Å². The Morgan fingerprint density at radius 3 is 2.56 bits per heavy atom. The summed E-state index contributed by atoms with van der Waals surface area (Å²) in [5.74, 6) is 0.281. The summed E-state index contributed by atoms with van der Waals surface area (Å²) in [5.41, 5.74) is 0.963. The maximum atomic E-state index is 12.3. The second kappa shape index (κ2) is 4.28. The van der Waals surface area contributed by atoms with Crippen LogP contribution < -0.4 is 5.32 Å². The quantitative estimate of drug-likeness (QED) is 0.849. The minimum absolute atomic E-state index is 0.0564. The van der Waals surface area contributed by atoms with Gasteiger partial charge in [-0.2, -0.15) is 0 Å². The largest absolute Gasteiger partial charge is 0.322 e. The van der Waals surface area contributed by atoms with E-state index < -0.39 is 0 Å². The van der Waals surface area contributed by atoms with Crippen molar-refractivity contribution in [3.05, 3.63) is 29.8 Å². The van der Waals surface area contributed by atoms with Crippen LogP contribution >= 0.6 is 11.8 Å². The van der Waals surface area contributed by atoms with Crippen LogP contribution in [0.4, 0.5) is 0 Å². The Hall–Kier alpha value is -1.00. The molecule has 2 fully saturated rings. The molecule has 1 N–H and O–H groups in total. The van der Waals surface area contributed by atoms with Crippen LogP contribution in [0, 0.1) is 0 Å². The Labute approximate surface area is 112 Å². The third-order valence-electron chi connectivity index (χ3n) is 3.92. The number of benzene rings is 1. The van der Waals surface area contributed by atoms with E-state index in [1.807, 2.05) is 11.8 Å². The van der Waals surface area contributed by atoms with Crippen LogP contribution in [-0.2, 0) is 4.79 Å². The van der Waals surface area contributed by atoms with Gasteiger partial charge in [0.2, 0.25) is 5.91 Å². The highest BCUT2D eigenvalue weighted by atomic mass is 32.2. The highest BCUT2D eigenvalue weighted by Crippen LogP contribution is 2.45. The molecule has 1 aliphatic heterocycles. The molecule has 2 aliphatic rings. The summed E-state index contributed by atoms with van der Waals surface area (Å²) < 4.78 is 0. The Morgan fingerprint density at radius 2 is 2.06 bits per heavy atom. The molecule has 18 heavy (non-hydrogen) atoms. The van der Waals surface area contributed by atoms with Gasteiger partial charge in [0.05, 0.1) is 0 Å². The predicted molar refractivity (Wildman–Crippen MR) is 73.5 cm³/mol. The molecule has 1 heterocycles. The summed E-state index contributed by atoms with van der Waals surface area (Å²) >= 11 is 1.74. The molecule has 0 radical (unpaired) electrons. The Balaban J connectivity index is 1.88. The Bertz CT molecular complexity index is 467. The number of carbonyl (C=O) groups excluding carboxylic acids is 1. The number of hydrogen-bond donors (Lipinski definition) is 1. The third kappa shape index (κ3) is 1.75. The van der Waals surface area contributed by atoms with Crippen LogP contribution in [0.5, 0.6) is 0 Å². The van der Waals surface area contributed by atoms with Crippen molar-refractivity contribution in [1.29, 1.82) is 0 Å². The van der Waals surface area contributed by atoms with Crippen LogP contribution in [-0.4, -0.2) is 29.1 Å². The van der Waals surface area contributed by atoms with E-state index in [1.165, 1.54) is 10.5 Å². The Morgan fingerprint density at radius 1 is 1.39 bits per heavy atom. The fourth-order valence-corrected chi connectivity index (χ4v) is 3.06. The lowest BCUT2D eigenvalue weighted by Gasteiger charge is -2.23. The second-order valence-corrected chi connectivity index (χ2v) is 5.87. The first-order valence-corrected chi connectivity index (χ1v) is 7.65. The van der Waals surface area contributed by atoms with Crippen LogP contribution in [0.25, 0.3) is 0 Å². The number of thioether (sulfide) groups is 1. The maximum absolute atomic E-state index is 12.3. The van der Waals surface area contributed by atoms with E-state index in [4.69, 9.17) is 0 Å². The van der Waals surface area contributed by atoms with Crippen LogP contribution in [0.15, 0.2) is 29.2 Å². The van der Waals surface area contributed by atoms with Gasteiger partial charge in [-0.15, -0.1) is 11.8 Å². The molecule has 1 saturated carbocycles. The lowest BCUT2D eigenvalue weighted by Crippen LogP contribution is -2.32. The fourth-order valence-electron chi connectivity index (χ4n) is 2.65. The molecule has 1 saturated heterocycles. The first-order valence-electron chi connectivity index (χ1n) is 6.43. The van der Waals surface area contributed by atoms with Gasteiger partial charge in [-0.3, -0.25) is 10.1 Å². The lowest BCUT2D eigenvalue weighted by molar-refractivity contribution is -0.130. The molecule has 1 aromatic carbocycles. The van der Waals surface area contributed by atoms with Gasteiger partial charge in [0.1, 0.15) is 11.7 Å². The molecule has 1 amide bonds. The van der Waals surface area contributed by atoms with Crippen molar-refractivity contribution in [2.24, 2.45) is 0 Å². The van der Waals surface area contributed by atoms with E-state index in [0.29, 0.717) is 0 Å². The number of likely N-dealkylation sites (N-methyl/N-ethyl adjacent to an activating group) is 1. The van der Waals surface area contributed by atoms with Gasteiger partial charge in [-0.05, 0) is 43.7 Å². The number of hydrogen-bond acceptors (Lipinski definition) is 3. The molecule has 4 heteroatoms. The fraction of sp³-hybridized carbons (Fsp3) is 0.500. The molecule has 1 atom stereocenters. The number of amides is 1. The van der Waals surface area contributed by atoms with Crippen molar-refractivity contribution >= 4 is 17.7 Å². The molecule has 3 rings (SSSR count). The smallest absolute Gasteiger partial charge is 0.244 e. The molecule has 1 aromatic rings. The van der Waals surface area contributed by atoms with E-state index in [0.717, 1.165) is 19.4 Å². The van der Waals surface area contributed by atoms with Gasteiger partial charge >= 0.3 is 0 Å². The molecular weight excluding hydrogens is 244 g/mol. The standard InChI is InChI=1S/C14H18N2OS/c1-3-16-12(15-14(8-9-14)13(16)17)10-4-6-11(18-2)7-5-10/h4-7,12,15H,3,8-9H2,1-2H3. The highest BCUT2D eigenvalue weighted by Gasteiger charge is 2.58. The zero-order chi connectivity index (χ0) is 12.8. The van der Waals surface area contributed by atoms with E-state index in [-0.39, 0.29) is 17.6 Å². The summed E-state index contributed by atoms with van der Waals surface area (Å²) in [5, 5.41) is 3.52. The minimum atomic E-state index is -0.223. The average molecular weight is 262 g/mol. The topological polar surface area (TPSA) is 32.3 Å². The Kier molecular flexibility index (Phi) is 2.87. The minimum Gasteiger partial charge on any atom is -0.322 e. The van der Waals surface area contributed by atoms with E-state index in [9.17, 15) is 4.79 Å². The summed E-state index contributed by atoms with van der Waals surface area (Å²) in [7, 11) is 0. The normalized spacial score (nSPS) is 24.9. The second-order valence-electron chi connectivity index (χ2n) is 4.99. The highest BCUT2D eigenvalue weighted by molar-refractivity contribution is 7.98. The van der Waals surface area contributed by atoms with Crippen LogP contribution in [0.1, 0.15) is 31.5 Å². The first kappa shape index (κ1) is 12.1. The van der Waals surface area contributed by atoms with Crippen molar-refractivity contribution < 1.29 is 4.79 Å². The van der Waals surface area contributed by atoms with Gasteiger partial charge in [0.15, 0.2) is 0 Å². The van der Waals surface area contributed by atoms with Crippen LogP contribution in [0.3, 0.4) is 0 Å². The van der Waals surface area contributed by atoms with Crippen molar-refractivity contribution in [3.8, 4) is 0 Å². The van der Waals surface area contributed by atoms with E-state index in [1.54, 1.807) is 11.8 Å². The van der Waals surface area contributed by atoms with Crippen molar-refractivity contribution in [2.45, 2.75) is 36.4 Å². The molecule has 1 aliphatic carbocycles. The number of carbonyl (C=O) groups is 1. The number of nitrogens with zero attached hydrogens (tertiary/aromatic N) is 1. The summed E-state index contributed by atoms with van der Waals surface area (Å²) in [6.07, 6.45) is 4.11. The molecule has 96 valence electrons. The van der Waals surface area contributed by atoms with Crippen molar-refractivity contribution in [1.82, 2.24) is 10.2 Å². The van der Waals surface area contributed by atoms with E-state index in [2.05, 4.69) is 35.8 Å². The monoisotopic (exact) mass is 262 g/mol. The number of nitrogens with one attached hydrogen (secondary N) is 1. The van der Waals surface area contributed by atoms with Gasteiger partial charge in [0, 0.05) is 11.4 Å². The first-order chi connectivity index (χ1) is 8.70. The molecule has 0 bridgehead atoms. The van der Waals surface area contributed by atoms with Gasteiger partial charge in [0.25, 0.3) is 0 Å². The molecule has 0 aromatic heterocycles. The summed E-state index contributed by atoms with van der Waals surface area (Å²) in [6, 6.07) is 8.50. The third-order valence-corrected chi connectivity index (χ3v) is 4.66. The molecule has 1 spiro atoms. The molecule has 3 nitrogen and oxygen atoms in total. The maximum Gasteiger partial charge on any atom is 0.244 e. The van der Waals surface area contributed by atoms with Crippen LogP contribution in [0.2, 0.25) is 0 Å². The predicted octanol–water partition coefficient (Wildman–Crippen LogP) is 2.39.